The van der Waals surface area contributed by atoms with E-state index in [0.29, 0.717) is 6.61 Å². The second kappa shape index (κ2) is 6.80. The Morgan fingerprint density at radius 2 is 2.13 bits per heavy atom. The molecule has 1 rings (SSSR count). The largest absolute Gasteiger partial charge is 0.359 e. The van der Waals surface area contributed by atoms with Gasteiger partial charge in [-0.15, -0.1) is 0 Å². The third-order valence-corrected chi connectivity index (χ3v) is 2.02. The third-order valence-electron chi connectivity index (χ3n) is 2.02. The van der Waals surface area contributed by atoms with Gasteiger partial charge in [0.25, 0.3) is 0 Å². The second-order valence-electron chi connectivity index (χ2n) is 3.17. The van der Waals surface area contributed by atoms with Crippen molar-refractivity contribution in [3.63, 3.8) is 0 Å². The van der Waals surface area contributed by atoms with E-state index in [4.69, 9.17) is 10.00 Å². The molecule has 0 N–H and O–H groups in total. The molecule has 0 fully saturated rings. The van der Waals surface area contributed by atoms with E-state index in [1.807, 2.05) is 49.4 Å². The fourth-order valence-electron chi connectivity index (χ4n) is 1.17. The lowest BCUT2D eigenvalue weighted by molar-refractivity contribution is 0.112. The Bertz CT molecular complexity index is 337. The summed E-state index contributed by atoms with van der Waals surface area (Å²) in [5.74, 6) is 0. The first-order valence-corrected chi connectivity index (χ1v) is 5.09. The van der Waals surface area contributed by atoms with Crippen LogP contribution in [0.4, 0.5) is 0 Å². The van der Waals surface area contributed by atoms with Gasteiger partial charge in [0.15, 0.2) is 0 Å². The number of benzene rings is 1. The minimum atomic E-state index is -0.287. The van der Waals surface area contributed by atoms with E-state index >= 15 is 0 Å². The highest BCUT2D eigenvalue weighted by atomic mass is 16.5. The summed E-state index contributed by atoms with van der Waals surface area (Å²) in [4.78, 5) is 0. The summed E-state index contributed by atoms with van der Waals surface area (Å²) in [6, 6.07) is 12.1. The zero-order valence-electron chi connectivity index (χ0n) is 8.89. The maximum Gasteiger partial charge on any atom is 0.144 e. The zero-order valence-corrected chi connectivity index (χ0v) is 8.89. The van der Waals surface area contributed by atoms with E-state index in [1.165, 1.54) is 0 Å². The van der Waals surface area contributed by atoms with Crippen molar-refractivity contribution >= 4 is 6.08 Å². The van der Waals surface area contributed by atoms with Crippen LogP contribution in [-0.2, 0) is 4.74 Å². The number of nitriles is 1. The molecule has 0 spiro atoms. The van der Waals surface area contributed by atoms with E-state index in [9.17, 15) is 0 Å². The van der Waals surface area contributed by atoms with Crippen molar-refractivity contribution in [1.82, 2.24) is 0 Å². The first kappa shape index (κ1) is 11.5. The monoisotopic (exact) mass is 201 g/mol. The molecule has 0 aliphatic rings. The summed E-state index contributed by atoms with van der Waals surface area (Å²) in [5.41, 5.74) is 1.14. The van der Waals surface area contributed by atoms with Crippen LogP contribution in [0, 0.1) is 11.3 Å². The maximum atomic E-state index is 8.64. The Morgan fingerprint density at radius 3 is 2.73 bits per heavy atom. The molecule has 78 valence electrons. The highest BCUT2D eigenvalue weighted by Gasteiger charge is 2.00. The molecule has 0 aliphatic carbocycles. The lowest BCUT2D eigenvalue weighted by Gasteiger charge is -2.04. The smallest absolute Gasteiger partial charge is 0.144 e. The van der Waals surface area contributed by atoms with Crippen LogP contribution in [0.2, 0.25) is 0 Å². The molecule has 2 nitrogen and oxygen atoms in total. The van der Waals surface area contributed by atoms with Crippen LogP contribution in [0.1, 0.15) is 18.9 Å². The fraction of sp³-hybridized carbons (Fsp3) is 0.308. The molecule has 0 heterocycles. The molecule has 0 amide bonds. The van der Waals surface area contributed by atoms with E-state index in [0.717, 1.165) is 12.0 Å². The maximum absolute atomic E-state index is 8.64. The van der Waals surface area contributed by atoms with Crippen LogP contribution in [0.25, 0.3) is 6.08 Å². The molecule has 0 aromatic heterocycles. The topological polar surface area (TPSA) is 33.0 Å². The number of ether oxygens (including phenoxy) is 1. The van der Waals surface area contributed by atoms with Gasteiger partial charge in [0.2, 0.25) is 0 Å². The van der Waals surface area contributed by atoms with Gasteiger partial charge < -0.3 is 4.74 Å². The van der Waals surface area contributed by atoms with Crippen LogP contribution in [-0.4, -0.2) is 12.7 Å². The molecule has 0 bridgehead atoms. The van der Waals surface area contributed by atoms with Gasteiger partial charge in [-0.1, -0.05) is 49.4 Å². The van der Waals surface area contributed by atoms with Crippen molar-refractivity contribution in [2.75, 3.05) is 6.61 Å². The quantitative estimate of drug-likeness (QED) is 0.733. The van der Waals surface area contributed by atoms with Gasteiger partial charge in [0.05, 0.1) is 12.7 Å². The highest BCUT2D eigenvalue weighted by molar-refractivity contribution is 5.48. The van der Waals surface area contributed by atoms with Gasteiger partial charge in [-0.3, -0.25) is 0 Å². The Kier molecular flexibility index (Phi) is 5.21. The van der Waals surface area contributed by atoms with Gasteiger partial charge in [0, 0.05) is 0 Å². The summed E-state index contributed by atoms with van der Waals surface area (Å²) >= 11 is 0. The molecule has 1 atom stereocenters. The number of nitrogens with zero attached hydrogens (tertiary/aromatic N) is 1. The van der Waals surface area contributed by atoms with Crippen molar-refractivity contribution in [1.29, 1.82) is 5.26 Å². The molecule has 1 aromatic rings. The minimum Gasteiger partial charge on any atom is -0.359 e. The highest BCUT2D eigenvalue weighted by Crippen LogP contribution is 2.01. The molecule has 0 saturated heterocycles. The Balaban J connectivity index is 2.32. The van der Waals surface area contributed by atoms with Crippen LogP contribution in [0.3, 0.4) is 0 Å². The molecular formula is C13H15NO. The Morgan fingerprint density at radius 1 is 1.40 bits per heavy atom. The van der Waals surface area contributed by atoms with Crippen molar-refractivity contribution < 1.29 is 4.74 Å². The first-order chi connectivity index (χ1) is 7.36. The van der Waals surface area contributed by atoms with Gasteiger partial charge in [0.1, 0.15) is 6.10 Å². The molecule has 15 heavy (non-hydrogen) atoms. The molecular weight excluding hydrogens is 186 g/mol. The average Bonchev–Trinajstić information content (AvgIpc) is 2.31. The van der Waals surface area contributed by atoms with E-state index in [-0.39, 0.29) is 6.10 Å². The normalized spacial score (nSPS) is 12.5. The Hall–Kier alpha value is -1.59. The van der Waals surface area contributed by atoms with Crippen molar-refractivity contribution in [2.24, 2.45) is 0 Å². The molecule has 1 aromatic carbocycles. The summed E-state index contributed by atoms with van der Waals surface area (Å²) in [6.45, 7) is 2.43. The third kappa shape index (κ3) is 4.44. The molecule has 0 saturated carbocycles. The number of hydrogen-bond acceptors (Lipinski definition) is 2. The summed E-state index contributed by atoms with van der Waals surface area (Å²) < 4.78 is 5.31. The molecule has 1 unspecified atom stereocenters. The zero-order chi connectivity index (χ0) is 10.9. The standard InChI is InChI=1S/C13H15NO/c1-2-13(11-14)15-10-6-9-12-7-4-3-5-8-12/h3-9,13H,2,10H2,1H3. The molecule has 0 radical (unpaired) electrons. The van der Waals surface area contributed by atoms with Gasteiger partial charge in [-0.2, -0.15) is 5.26 Å². The van der Waals surface area contributed by atoms with Crippen molar-refractivity contribution in [3.8, 4) is 6.07 Å². The summed E-state index contributed by atoms with van der Waals surface area (Å²) in [5, 5.41) is 8.64. The SMILES string of the molecule is CCC(C#N)OCC=Cc1ccccc1. The second-order valence-corrected chi connectivity index (χ2v) is 3.17. The van der Waals surface area contributed by atoms with Crippen LogP contribution in [0.5, 0.6) is 0 Å². The van der Waals surface area contributed by atoms with Crippen LogP contribution >= 0.6 is 0 Å². The van der Waals surface area contributed by atoms with Gasteiger partial charge >= 0.3 is 0 Å². The number of hydrogen-bond donors (Lipinski definition) is 0. The van der Waals surface area contributed by atoms with Gasteiger partial charge in [-0.05, 0) is 12.0 Å². The van der Waals surface area contributed by atoms with Crippen molar-refractivity contribution in [3.05, 3.63) is 42.0 Å². The van der Waals surface area contributed by atoms with Gasteiger partial charge in [-0.25, -0.2) is 0 Å². The van der Waals surface area contributed by atoms with Crippen LogP contribution < -0.4 is 0 Å². The lowest BCUT2D eigenvalue weighted by Crippen LogP contribution is -2.08. The first-order valence-electron chi connectivity index (χ1n) is 5.09. The minimum absolute atomic E-state index is 0.287. The molecule has 0 aliphatic heterocycles. The van der Waals surface area contributed by atoms with Crippen LogP contribution in [0.15, 0.2) is 36.4 Å². The lowest BCUT2D eigenvalue weighted by atomic mass is 10.2. The van der Waals surface area contributed by atoms with Crippen molar-refractivity contribution in [2.45, 2.75) is 19.4 Å². The van der Waals surface area contributed by atoms with E-state index in [1.54, 1.807) is 0 Å². The Labute approximate surface area is 90.8 Å². The van der Waals surface area contributed by atoms with E-state index in [2.05, 4.69) is 6.07 Å². The summed E-state index contributed by atoms with van der Waals surface area (Å²) in [7, 11) is 0. The average molecular weight is 201 g/mol. The predicted octanol–water partition coefficient (Wildman–Crippen LogP) is 3.02. The van der Waals surface area contributed by atoms with E-state index < -0.39 is 0 Å². The predicted molar refractivity (Wildman–Crippen MR) is 61.1 cm³/mol. The summed E-state index contributed by atoms with van der Waals surface area (Å²) in [6.07, 6.45) is 4.36. The fourth-order valence-corrected chi connectivity index (χ4v) is 1.17. The molecule has 2 heteroatoms. The number of rotatable bonds is 5.